The minimum atomic E-state index is -0.706. The zero-order valence-corrected chi connectivity index (χ0v) is 12.9. The summed E-state index contributed by atoms with van der Waals surface area (Å²) >= 11 is 0. The third kappa shape index (κ3) is 2.77. The van der Waals surface area contributed by atoms with E-state index >= 15 is 0 Å². The van der Waals surface area contributed by atoms with Crippen molar-refractivity contribution in [3.05, 3.63) is 53.1 Å². The van der Waals surface area contributed by atoms with Crippen LogP contribution in [0.3, 0.4) is 0 Å². The molecule has 1 aliphatic rings. The lowest BCUT2D eigenvalue weighted by molar-refractivity contribution is 0.211. The van der Waals surface area contributed by atoms with Gasteiger partial charge in [-0.2, -0.15) is 5.26 Å². The topological polar surface area (TPSA) is 61.8 Å². The number of imidazole rings is 1. The third-order valence-electron chi connectivity index (χ3n) is 4.69. The van der Waals surface area contributed by atoms with Gasteiger partial charge in [0.2, 0.25) is 0 Å². The minimum absolute atomic E-state index is 0.446. The van der Waals surface area contributed by atoms with Gasteiger partial charge in [-0.1, -0.05) is 31.4 Å². The lowest BCUT2D eigenvalue weighted by atomic mass is 9.81. The van der Waals surface area contributed by atoms with Gasteiger partial charge in [0.15, 0.2) is 0 Å². The van der Waals surface area contributed by atoms with Crippen LogP contribution in [0.1, 0.15) is 66.5 Å². The van der Waals surface area contributed by atoms with E-state index in [1.165, 1.54) is 19.3 Å². The number of benzene rings is 1. The SMILES string of the molecule is Cn1cncc1C(O)c1ccc(C#N)c(C2CCCCC2)c1. The molecule has 1 fully saturated rings. The highest BCUT2D eigenvalue weighted by Crippen LogP contribution is 2.36. The van der Waals surface area contributed by atoms with E-state index in [0.29, 0.717) is 5.92 Å². The van der Waals surface area contributed by atoms with E-state index in [-0.39, 0.29) is 0 Å². The smallest absolute Gasteiger partial charge is 0.121 e. The van der Waals surface area contributed by atoms with Crippen LogP contribution in [-0.4, -0.2) is 14.7 Å². The van der Waals surface area contributed by atoms with Crippen molar-refractivity contribution in [3.8, 4) is 6.07 Å². The summed E-state index contributed by atoms with van der Waals surface area (Å²) in [6.07, 6.45) is 8.68. The van der Waals surface area contributed by atoms with Crippen LogP contribution in [0.2, 0.25) is 0 Å². The Morgan fingerprint density at radius 3 is 2.73 bits per heavy atom. The first-order chi connectivity index (χ1) is 10.7. The van der Waals surface area contributed by atoms with Crippen molar-refractivity contribution in [1.82, 2.24) is 9.55 Å². The van der Waals surface area contributed by atoms with Gasteiger partial charge in [-0.3, -0.25) is 0 Å². The van der Waals surface area contributed by atoms with E-state index in [4.69, 9.17) is 0 Å². The molecular weight excluding hydrogens is 274 g/mol. The number of aliphatic hydroxyl groups excluding tert-OH is 1. The Bertz CT molecular complexity index is 693. The summed E-state index contributed by atoms with van der Waals surface area (Å²) in [5.74, 6) is 0.446. The van der Waals surface area contributed by atoms with Crippen LogP contribution in [0.5, 0.6) is 0 Å². The summed E-state index contributed by atoms with van der Waals surface area (Å²) in [4.78, 5) is 4.06. The van der Waals surface area contributed by atoms with Crippen LogP contribution in [0.15, 0.2) is 30.7 Å². The van der Waals surface area contributed by atoms with Crippen LogP contribution >= 0.6 is 0 Å². The fourth-order valence-electron chi connectivity index (χ4n) is 3.41. The second kappa shape index (κ2) is 6.33. The molecule has 3 rings (SSSR count). The Labute approximate surface area is 131 Å². The number of hydrogen-bond acceptors (Lipinski definition) is 3. The fourth-order valence-corrected chi connectivity index (χ4v) is 3.41. The summed E-state index contributed by atoms with van der Waals surface area (Å²) in [7, 11) is 1.87. The maximum absolute atomic E-state index is 10.6. The highest BCUT2D eigenvalue weighted by atomic mass is 16.3. The molecule has 4 nitrogen and oxygen atoms in total. The van der Waals surface area contributed by atoms with Crippen LogP contribution in [-0.2, 0) is 7.05 Å². The maximum Gasteiger partial charge on any atom is 0.121 e. The number of aryl methyl sites for hydroxylation is 1. The summed E-state index contributed by atoms with van der Waals surface area (Å²) in [6.45, 7) is 0. The van der Waals surface area contributed by atoms with E-state index in [1.807, 2.05) is 29.8 Å². The number of hydrogen-bond donors (Lipinski definition) is 1. The van der Waals surface area contributed by atoms with Crippen LogP contribution < -0.4 is 0 Å². The van der Waals surface area contributed by atoms with Gasteiger partial charge >= 0.3 is 0 Å². The van der Waals surface area contributed by atoms with Gasteiger partial charge < -0.3 is 9.67 Å². The molecule has 1 aromatic carbocycles. The monoisotopic (exact) mass is 295 g/mol. The standard InChI is InChI=1S/C18H21N3O/c1-21-12-20-11-17(21)18(22)14-7-8-15(10-19)16(9-14)13-5-3-2-4-6-13/h7-9,11-13,18,22H,2-6H2,1H3. The molecule has 1 aliphatic carbocycles. The molecule has 0 radical (unpaired) electrons. The molecule has 4 heteroatoms. The zero-order valence-electron chi connectivity index (χ0n) is 12.9. The molecule has 114 valence electrons. The highest BCUT2D eigenvalue weighted by molar-refractivity contribution is 5.44. The van der Waals surface area contributed by atoms with Gasteiger partial charge in [0.1, 0.15) is 6.10 Å². The van der Waals surface area contributed by atoms with E-state index in [2.05, 4.69) is 11.1 Å². The molecule has 1 unspecified atom stereocenters. The van der Waals surface area contributed by atoms with Crippen molar-refractivity contribution in [2.75, 3.05) is 0 Å². The summed E-state index contributed by atoms with van der Waals surface area (Å²) in [6, 6.07) is 8.02. The van der Waals surface area contributed by atoms with Gasteiger partial charge in [-0.25, -0.2) is 4.98 Å². The van der Waals surface area contributed by atoms with E-state index in [1.54, 1.807) is 12.5 Å². The normalized spacial score (nSPS) is 17.1. The summed E-state index contributed by atoms with van der Waals surface area (Å²) in [5.41, 5.74) is 3.44. The van der Waals surface area contributed by atoms with Gasteiger partial charge in [-0.05, 0) is 36.0 Å². The maximum atomic E-state index is 10.6. The van der Waals surface area contributed by atoms with Crippen molar-refractivity contribution in [1.29, 1.82) is 5.26 Å². The Hall–Kier alpha value is -2.12. The zero-order chi connectivity index (χ0) is 15.5. The molecule has 1 saturated carbocycles. The molecule has 1 atom stereocenters. The molecule has 0 bridgehead atoms. The van der Waals surface area contributed by atoms with Crippen molar-refractivity contribution in [3.63, 3.8) is 0 Å². The second-order valence-corrected chi connectivity index (χ2v) is 6.13. The summed E-state index contributed by atoms with van der Waals surface area (Å²) in [5, 5.41) is 20.0. The van der Waals surface area contributed by atoms with Crippen LogP contribution in [0.4, 0.5) is 0 Å². The molecule has 1 N–H and O–H groups in total. The molecular formula is C18H21N3O. The van der Waals surface area contributed by atoms with Crippen LogP contribution in [0, 0.1) is 11.3 Å². The second-order valence-electron chi connectivity index (χ2n) is 6.13. The van der Waals surface area contributed by atoms with Crippen molar-refractivity contribution in [2.45, 2.75) is 44.1 Å². The lowest BCUT2D eigenvalue weighted by Gasteiger charge is -2.24. The average molecular weight is 295 g/mol. The number of nitriles is 1. The molecule has 0 amide bonds. The van der Waals surface area contributed by atoms with E-state index < -0.39 is 6.10 Å². The third-order valence-corrected chi connectivity index (χ3v) is 4.69. The van der Waals surface area contributed by atoms with Gasteiger partial charge in [0, 0.05) is 7.05 Å². The Morgan fingerprint density at radius 1 is 1.32 bits per heavy atom. The first kappa shape index (κ1) is 14.8. The van der Waals surface area contributed by atoms with Gasteiger partial charge in [0.25, 0.3) is 0 Å². The Morgan fingerprint density at radius 2 is 2.09 bits per heavy atom. The minimum Gasteiger partial charge on any atom is -0.382 e. The number of aromatic nitrogens is 2. The summed E-state index contributed by atoms with van der Waals surface area (Å²) < 4.78 is 1.82. The molecule has 0 aliphatic heterocycles. The van der Waals surface area contributed by atoms with Crippen molar-refractivity contribution >= 4 is 0 Å². The first-order valence-corrected chi connectivity index (χ1v) is 7.89. The van der Waals surface area contributed by atoms with Crippen LogP contribution in [0.25, 0.3) is 0 Å². The highest BCUT2D eigenvalue weighted by Gasteiger charge is 2.21. The van der Waals surface area contributed by atoms with E-state index in [0.717, 1.165) is 35.2 Å². The van der Waals surface area contributed by atoms with E-state index in [9.17, 15) is 10.4 Å². The Balaban J connectivity index is 1.96. The molecule has 1 aromatic heterocycles. The molecule has 2 aromatic rings. The molecule has 22 heavy (non-hydrogen) atoms. The quantitative estimate of drug-likeness (QED) is 0.943. The molecule has 0 saturated heterocycles. The number of aliphatic hydroxyl groups is 1. The van der Waals surface area contributed by atoms with Crippen molar-refractivity contribution in [2.24, 2.45) is 7.05 Å². The molecule has 0 spiro atoms. The average Bonchev–Trinajstić information content (AvgIpc) is 3.00. The van der Waals surface area contributed by atoms with Gasteiger partial charge in [0.05, 0.1) is 29.9 Å². The Kier molecular flexibility index (Phi) is 4.26. The number of rotatable bonds is 3. The largest absolute Gasteiger partial charge is 0.382 e. The number of nitrogens with zero attached hydrogens (tertiary/aromatic N) is 3. The van der Waals surface area contributed by atoms with Crippen molar-refractivity contribution < 1.29 is 5.11 Å². The molecule has 1 heterocycles. The predicted molar refractivity (Wildman–Crippen MR) is 84.3 cm³/mol. The van der Waals surface area contributed by atoms with Gasteiger partial charge in [-0.15, -0.1) is 0 Å². The first-order valence-electron chi connectivity index (χ1n) is 7.89. The fraction of sp³-hybridized carbons (Fsp3) is 0.444. The predicted octanol–water partition coefficient (Wildman–Crippen LogP) is 3.42. The lowest BCUT2D eigenvalue weighted by Crippen LogP contribution is -2.10.